The van der Waals surface area contributed by atoms with Gasteiger partial charge in [-0.25, -0.2) is 0 Å². The molecule has 1 amide bonds. The predicted octanol–water partition coefficient (Wildman–Crippen LogP) is 2.44. The number of aliphatic carboxylic acids is 1. The van der Waals surface area contributed by atoms with E-state index in [9.17, 15) is 19.8 Å². The molecule has 1 unspecified atom stereocenters. The molecule has 0 saturated heterocycles. The maximum atomic E-state index is 12.7. The van der Waals surface area contributed by atoms with Gasteiger partial charge in [0, 0.05) is 12.1 Å². The minimum absolute atomic E-state index is 0.121. The highest BCUT2D eigenvalue weighted by Gasteiger charge is 2.51. The van der Waals surface area contributed by atoms with Crippen molar-refractivity contribution in [1.29, 1.82) is 0 Å². The van der Waals surface area contributed by atoms with Gasteiger partial charge < -0.3 is 15.1 Å². The van der Waals surface area contributed by atoms with Crippen LogP contribution >= 0.6 is 0 Å². The summed E-state index contributed by atoms with van der Waals surface area (Å²) in [5, 5.41) is 20.3. The van der Waals surface area contributed by atoms with Crippen molar-refractivity contribution in [3.05, 3.63) is 11.1 Å². The summed E-state index contributed by atoms with van der Waals surface area (Å²) in [6, 6.07) is 0. The van der Waals surface area contributed by atoms with E-state index in [1.807, 2.05) is 0 Å². The molecule has 0 spiro atoms. The van der Waals surface area contributed by atoms with Crippen molar-refractivity contribution in [2.75, 3.05) is 6.54 Å². The zero-order chi connectivity index (χ0) is 15.7. The molecule has 2 aliphatic carbocycles. The zero-order valence-corrected chi connectivity index (χ0v) is 13.0. The zero-order valence-electron chi connectivity index (χ0n) is 13.0. The van der Waals surface area contributed by atoms with Crippen molar-refractivity contribution in [2.45, 2.75) is 69.9 Å². The highest BCUT2D eigenvalue weighted by molar-refractivity contribution is 5.99. The van der Waals surface area contributed by atoms with E-state index in [0.717, 1.165) is 38.5 Å². The minimum Gasteiger partial charge on any atom is -0.481 e. The van der Waals surface area contributed by atoms with Crippen molar-refractivity contribution in [2.24, 2.45) is 5.92 Å². The Kier molecular flexibility index (Phi) is 4.26. The van der Waals surface area contributed by atoms with Gasteiger partial charge in [-0.15, -0.1) is 0 Å². The van der Waals surface area contributed by atoms with Crippen LogP contribution in [0.1, 0.15) is 64.2 Å². The summed E-state index contributed by atoms with van der Waals surface area (Å²) in [5.41, 5.74) is -0.219. The highest BCUT2D eigenvalue weighted by Crippen LogP contribution is 2.44. The first kappa shape index (κ1) is 15.5. The normalized spacial score (nSPS) is 29.9. The van der Waals surface area contributed by atoms with Gasteiger partial charge in [-0.3, -0.25) is 9.59 Å². The van der Waals surface area contributed by atoms with Crippen molar-refractivity contribution in [1.82, 2.24) is 4.90 Å². The van der Waals surface area contributed by atoms with E-state index in [2.05, 4.69) is 0 Å². The number of carboxylic acid groups (broad SMARTS) is 1. The molecule has 3 rings (SSSR count). The van der Waals surface area contributed by atoms with Gasteiger partial charge in [0.05, 0.1) is 6.42 Å². The molecular weight excluding hydrogens is 282 g/mol. The van der Waals surface area contributed by atoms with Gasteiger partial charge in [0.1, 0.15) is 0 Å². The minimum atomic E-state index is -1.59. The summed E-state index contributed by atoms with van der Waals surface area (Å²) in [4.78, 5) is 25.5. The van der Waals surface area contributed by atoms with Gasteiger partial charge in [-0.1, -0.05) is 19.3 Å². The van der Waals surface area contributed by atoms with E-state index in [4.69, 9.17) is 0 Å². The molecular formula is C17H25NO4. The first-order valence-corrected chi connectivity index (χ1v) is 8.51. The number of carbonyl (C=O) groups excluding carboxylic acids is 1. The monoisotopic (exact) mass is 307 g/mol. The number of rotatable bonds is 4. The molecule has 1 aliphatic heterocycles. The summed E-state index contributed by atoms with van der Waals surface area (Å²) < 4.78 is 0. The summed E-state index contributed by atoms with van der Waals surface area (Å²) in [6.45, 7) is 0.496. The van der Waals surface area contributed by atoms with Crippen LogP contribution in [-0.4, -0.2) is 39.3 Å². The Morgan fingerprint density at radius 1 is 1.14 bits per heavy atom. The number of carbonyl (C=O) groups is 2. The fraction of sp³-hybridized carbons (Fsp3) is 0.765. The molecule has 5 nitrogen and oxygen atoms in total. The molecule has 5 heteroatoms. The molecule has 0 aromatic heterocycles. The molecule has 1 saturated carbocycles. The number of amides is 1. The standard InChI is InChI=1S/C17H25NO4/c19-15(20)10-17(22)14-9-5-4-8-13(14)16(21)18(17)11-12-6-2-1-3-7-12/h12,22H,1-11H2,(H,19,20). The second-order valence-corrected chi connectivity index (χ2v) is 6.97. The molecule has 2 N–H and O–H groups in total. The predicted molar refractivity (Wildman–Crippen MR) is 81.0 cm³/mol. The average molecular weight is 307 g/mol. The second kappa shape index (κ2) is 6.03. The van der Waals surface area contributed by atoms with E-state index in [1.54, 1.807) is 0 Å². The quantitative estimate of drug-likeness (QED) is 0.836. The molecule has 0 aromatic carbocycles. The van der Waals surface area contributed by atoms with E-state index in [-0.39, 0.29) is 5.91 Å². The van der Waals surface area contributed by atoms with Gasteiger partial charge in [0.2, 0.25) is 0 Å². The van der Waals surface area contributed by atoms with Gasteiger partial charge in [-0.05, 0) is 50.0 Å². The number of aliphatic hydroxyl groups is 1. The lowest BCUT2D eigenvalue weighted by atomic mass is 9.86. The molecule has 122 valence electrons. The van der Waals surface area contributed by atoms with Gasteiger partial charge >= 0.3 is 5.97 Å². The second-order valence-electron chi connectivity index (χ2n) is 6.97. The van der Waals surface area contributed by atoms with E-state index < -0.39 is 18.1 Å². The van der Waals surface area contributed by atoms with Crippen molar-refractivity contribution >= 4 is 11.9 Å². The van der Waals surface area contributed by atoms with Crippen molar-refractivity contribution in [3.63, 3.8) is 0 Å². The molecule has 3 aliphatic rings. The Labute approximate surface area is 131 Å². The number of nitrogens with zero attached hydrogens (tertiary/aromatic N) is 1. The third kappa shape index (κ3) is 2.67. The third-order valence-corrected chi connectivity index (χ3v) is 5.46. The van der Waals surface area contributed by atoms with Crippen LogP contribution in [0.15, 0.2) is 11.1 Å². The Morgan fingerprint density at radius 2 is 1.82 bits per heavy atom. The van der Waals surface area contributed by atoms with Crippen LogP contribution in [0.2, 0.25) is 0 Å². The summed E-state index contributed by atoms with van der Waals surface area (Å²) in [5.74, 6) is -0.785. The molecule has 1 fully saturated rings. The smallest absolute Gasteiger partial charge is 0.308 e. The largest absolute Gasteiger partial charge is 0.481 e. The molecule has 1 atom stereocenters. The van der Waals surface area contributed by atoms with E-state index >= 15 is 0 Å². The summed E-state index contributed by atoms with van der Waals surface area (Å²) in [7, 11) is 0. The lowest BCUT2D eigenvalue weighted by molar-refractivity contribution is -0.157. The van der Waals surface area contributed by atoms with E-state index in [1.165, 1.54) is 11.3 Å². The number of hydrogen-bond donors (Lipinski definition) is 2. The number of hydrogen-bond acceptors (Lipinski definition) is 3. The van der Waals surface area contributed by atoms with Crippen LogP contribution in [-0.2, 0) is 9.59 Å². The maximum Gasteiger partial charge on any atom is 0.308 e. The van der Waals surface area contributed by atoms with Gasteiger partial charge in [0.15, 0.2) is 5.72 Å². The third-order valence-electron chi connectivity index (χ3n) is 5.46. The first-order chi connectivity index (χ1) is 10.5. The van der Waals surface area contributed by atoms with Crippen LogP contribution in [0, 0.1) is 5.92 Å². The molecule has 1 heterocycles. The van der Waals surface area contributed by atoms with Crippen molar-refractivity contribution < 1.29 is 19.8 Å². The van der Waals surface area contributed by atoms with Crippen LogP contribution in [0.5, 0.6) is 0 Å². The highest BCUT2D eigenvalue weighted by atomic mass is 16.4. The first-order valence-electron chi connectivity index (χ1n) is 8.51. The van der Waals surface area contributed by atoms with Crippen molar-refractivity contribution in [3.8, 4) is 0 Å². The van der Waals surface area contributed by atoms with Crippen LogP contribution in [0.3, 0.4) is 0 Å². The molecule has 22 heavy (non-hydrogen) atoms. The van der Waals surface area contributed by atoms with Crippen LogP contribution < -0.4 is 0 Å². The number of carboxylic acids is 1. The Hall–Kier alpha value is -1.36. The fourth-order valence-electron chi connectivity index (χ4n) is 4.35. The molecule has 0 bridgehead atoms. The Morgan fingerprint density at radius 3 is 2.50 bits per heavy atom. The lowest BCUT2D eigenvalue weighted by Gasteiger charge is -2.38. The van der Waals surface area contributed by atoms with Crippen LogP contribution in [0.25, 0.3) is 0 Å². The average Bonchev–Trinajstić information content (AvgIpc) is 2.70. The summed E-state index contributed by atoms with van der Waals surface area (Å²) in [6.07, 6.45) is 8.49. The lowest BCUT2D eigenvalue weighted by Crippen LogP contribution is -2.51. The Balaban J connectivity index is 1.86. The molecule has 0 aromatic rings. The topological polar surface area (TPSA) is 77.8 Å². The SMILES string of the molecule is O=C(O)CC1(O)C2=C(CCCC2)C(=O)N1CC1CCCCC1. The van der Waals surface area contributed by atoms with Crippen LogP contribution in [0.4, 0.5) is 0 Å². The fourth-order valence-corrected chi connectivity index (χ4v) is 4.35. The van der Waals surface area contributed by atoms with Gasteiger partial charge in [-0.2, -0.15) is 0 Å². The maximum absolute atomic E-state index is 12.7. The molecule has 0 radical (unpaired) electrons. The summed E-state index contributed by atoms with van der Waals surface area (Å²) >= 11 is 0. The Bertz CT molecular complexity index is 507. The van der Waals surface area contributed by atoms with Gasteiger partial charge in [0.25, 0.3) is 5.91 Å². The van der Waals surface area contributed by atoms with E-state index in [0.29, 0.717) is 36.5 Å².